The summed E-state index contributed by atoms with van der Waals surface area (Å²) in [6, 6.07) is 16.9. The Kier molecular flexibility index (Phi) is 5.56. The van der Waals surface area contributed by atoms with Gasteiger partial charge in [-0.15, -0.1) is 0 Å². The van der Waals surface area contributed by atoms with Gasteiger partial charge in [-0.1, -0.05) is 37.3 Å². The number of hydrogen-bond acceptors (Lipinski definition) is 4. The minimum atomic E-state index is -0.258. The zero-order chi connectivity index (χ0) is 17.6. The maximum absolute atomic E-state index is 12.5. The molecule has 0 radical (unpaired) electrons. The monoisotopic (exact) mass is 340 g/mol. The number of carbonyl (C=O) groups excluding carboxylic acids is 1. The highest BCUT2D eigenvalue weighted by Crippen LogP contribution is 2.31. The lowest BCUT2D eigenvalue weighted by Gasteiger charge is -2.33. The van der Waals surface area contributed by atoms with Crippen molar-refractivity contribution in [2.45, 2.75) is 26.0 Å². The number of nitrogens with zero attached hydrogens (tertiary/aromatic N) is 1. The molecular weight excluding hydrogens is 316 g/mol. The van der Waals surface area contributed by atoms with Crippen molar-refractivity contribution in [1.82, 2.24) is 4.90 Å². The Morgan fingerprint density at radius 1 is 1.16 bits per heavy atom. The molecule has 1 N–H and O–H groups in total. The smallest absolute Gasteiger partial charge is 0.241 e. The van der Waals surface area contributed by atoms with Gasteiger partial charge in [0, 0.05) is 12.2 Å². The number of fused-ring (bicyclic) bond motifs is 1. The SMILES string of the molecule is CCN(CC1COc2ccccc2O1)C(C)C(=O)Nc1ccccc1. The predicted octanol–water partition coefficient (Wildman–Crippen LogP) is 3.18. The number of amides is 1. The van der Waals surface area contributed by atoms with Crippen LogP contribution in [0.4, 0.5) is 5.69 Å². The first-order valence-corrected chi connectivity index (χ1v) is 8.66. The standard InChI is InChI=1S/C20H24N2O3/c1-3-22(15(2)20(23)21-16-9-5-4-6-10-16)13-17-14-24-18-11-7-8-12-19(18)25-17/h4-12,15,17H,3,13-14H2,1-2H3,(H,21,23). The lowest BCUT2D eigenvalue weighted by atomic mass is 10.2. The fraction of sp³-hybridized carbons (Fsp3) is 0.350. The van der Waals surface area contributed by atoms with Gasteiger partial charge in [-0.3, -0.25) is 9.69 Å². The largest absolute Gasteiger partial charge is 0.486 e. The lowest BCUT2D eigenvalue weighted by molar-refractivity contribution is -0.121. The quantitative estimate of drug-likeness (QED) is 0.877. The number of carbonyl (C=O) groups is 1. The summed E-state index contributed by atoms with van der Waals surface area (Å²) in [4.78, 5) is 14.6. The highest BCUT2D eigenvalue weighted by Gasteiger charge is 2.27. The maximum Gasteiger partial charge on any atom is 0.241 e. The second kappa shape index (κ2) is 8.03. The van der Waals surface area contributed by atoms with E-state index in [9.17, 15) is 4.79 Å². The number of para-hydroxylation sites is 3. The van der Waals surface area contributed by atoms with Gasteiger partial charge in [0.2, 0.25) is 5.91 Å². The Hall–Kier alpha value is -2.53. The normalized spacial score (nSPS) is 17.2. The number of hydrogen-bond donors (Lipinski definition) is 1. The van der Waals surface area contributed by atoms with E-state index in [1.54, 1.807) is 0 Å². The molecule has 0 aliphatic carbocycles. The van der Waals surface area contributed by atoms with Crippen LogP contribution in [0.15, 0.2) is 54.6 Å². The summed E-state index contributed by atoms with van der Waals surface area (Å²) < 4.78 is 11.8. The van der Waals surface area contributed by atoms with E-state index in [1.165, 1.54) is 0 Å². The van der Waals surface area contributed by atoms with Gasteiger partial charge in [0.1, 0.15) is 12.7 Å². The number of likely N-dealkylation sites (N-methyl/N-ethyl adjacent to an activating group) is 1. The fourth-order valence-electron chi connectivity index (χ4n) is 2.91. The molecule has 5 nitrogen and oxygen atoms in total. The molecule has 0 bridgehead atoms. The van der Waals surface area contributed by atoms with E-state index in [4.69, 9.17) is 9.47 Å². The molecule has 1 aliphatic heterocycles. The third-order valence-electron chi connectivity index (χ3n) is 4.38. The zero-order valence-corrected chi connectivity index (χ0v) is 14.6. The van der Waals surface area contributed by atoms with Crippen molar-refractivity contribution in [3.8, 4) is 11.5 Å². The van der Waals surface area contributed by atoms with Gasteiger partial charge in [0.15, 0.2) is 11.5 Å². The molecule has 5 heteroatoms. The lowest BCUT2D eigenvalue weighted by Crippen LogP contribution is -2.48. The molecular formula is C20H24N2O3. The van der Waals surface area contributed by atoms with E-state index in [1.807, 2.05) is 68.4 Å². The maximum atomic E-state index is 12.5. The second-order valence-electron chi connectivity index (χ2n) is 6.12. The minimum absolute atomic E-state index is 0.0230. The summed E-state index contributed by atoms with van der Waals surface area (Å²) in [5.41, 5.74) is 0.807. The van der Waals surface area contributed by atoms with Crippen LogP contribution >= 0.6 is 0 Å². The van der Waals surface area contributed by atoms with Crippen molar-refractivity contribution in [2.75, 3.05) is 25.0 Å². The van der Waals surface area contributed by atoms with Crippen LogP contribution in [0.1, 0.15) is 13.8 Å². The third-order valence-corrected chi connectivity index (χ3v) is 4.38. The highest BCUT2D eigenvalue weighted by molar-refractivity contribution is 5.94. The van der Waals surface area contributed by atoms with Crippen molar-refractivity contribution in [1.29, 1.82) is 0 Å². The molecule has 0 fully saturated rings. The Morgan fingerprint density at radius 3 is 2.56 bits per heavy atom. The van der Waals surface area contributed by atoms with Gasteiger partial charge in [-0.2, -0.15) is 0 Å². The summed E-state index contributed by atoms with van der Waals surface area (Å²) >= 11 is 0. The van der Waals surface area contributed by atoms with Gasteiger partial charge in [-0.05, 0) is 37.7 Å². The van der Waals surface area contributed by atoms with Crippen LogP contribution in [0.3, 0.4) is 0 Å². The first-order chi connectivity index (χ1) is 12.2. The summed E-state index contributed by atoms with van der Waals surface area (Å²) in [5.74, 6) is 1.51. The number of benzene rings is 2. The molecule has 1 heterocycles. The van der Waals surface area contributed by atoms with Crippen LogP contribution in [-0.2, 0) is 4.79 Å². The van der Waals surface area contributed by atoms with Crippen LogP contribution in [0.2, 0.25) is 0 Å². The van der Waals surface area contributed by atoms with Crippen molar-refractivity contribution in [3.63, 3.8) is 0 Å². The molecule has 2 atom stereocenters. The van der Waals surface area contributed by atoms with E-state index < -0.39 is 0 Å². The molecule has 3 rings (SSSR count). The fourth-order valence-corrected chi connectivity index (χ4v) is 2.91. The average molecular weight is 340 g/mol. The van der Waals surface area contributed by atoms with Gasteiger partial charge in [-0.25, -0.2) is 0 Å². The van der Waals surface area contributed by atoms with Crippen molar-refractivity contribution in [2.24, 2.45) is 0 Å². The van der Waals surface area contributed by atoms with Gasteiger partial charge in [0.05, 0.1) is 6.04 Å². The van der Waals surface area contributed by atoms with Crippen molar-refractivity contribution >= 4 is 11.6 Å². The van der Waals surface area contributed by atoms with Crippen LogP contribution < -0.4 is 14.8 Å². The first-order valence-electron chi connectivity index (χ1n) is 8.66. The predicted molar refractivity (Wildman–Crippen MR) is 98.1 cm³/mol. The molecule has 2 aromatic rings. The van der Waals surface area contributed by atoms with E-state index in [0.29, 0.717) is 13.2 Å². The second-order valence-corrected chi connectivity index (χ2v) is 6.12. The van der Waals surface area contributed by atoms with E-state index in [2.05, 4.69) is 10.2 Å². The van der Waals surface area contributed by atoms with Gasteiger partial charge in [0.25, 0.3) is 0 Å². The summed E-state index contributed by atoms with van der Waals surface area (Å²) in [6.45, 7) is 5.84. The zero-order valence-electron chi connectivity index (χ0n) is 14.6. The number of anilines is 1. The molecule has 1 amide bonds. The molecule has 1 aliphatic rings. The Morgan fingerprint density at radius 2 is 1.84 bits per heavy atom. The summed E-state index contributed by atoms with van der Waals surface area (Å²) in [5, 5.41) is 2.96. The number of rotatable bonds is 6. The molecule has 0 saturated carbocycles. The van der Waals surface area contributed by atoms with Crippen molar-refractivity contribution < 1.29 is 14.3 Å². The number of ether oxygens (including phenoxy) is 2. The Balaban J connectivity index is 1.59. The Labute approximate surface area is 148 Å². The molecule has 0 saturated heterocycles. The van der Waals surface area contributed by atoms with Gasteiger partial charge >= 0.3 is 0 Å². The van der Waals surface area contributed by atoms with E-state index in [0.717, 1.165) is 23.7 Å². The molecule has 25 heavy (non-hydrogen) atoms. The van der Waals surface area contributed by atoms with Crippen LogP contribution in [0, 0.1) is 0 Å². The Bertz CT molecular complexity index is 705. The summed E-state index contributed by atoms with van der Waals surface area (Å²) in [7, 11) is 0. The van der Waals surface area contributed by atoms with Crippen molar-refractivity contribution in [3.05, 3.63) is 54.6 Å². The van der Waals surface area contributed by atoms with E-state index in [-0.39, 0.29) is 18.1 Å². The summed E-state index contributed by atoms with van der Waals surface area (Å²) in [6.07, 6.45) is -0.0955. The molecule has 132 valence electrons. The molecule has 0 spiro atoms. The highest BCUT2D eigenvalue weighted by atomic mass is 16.6. The topological polar surface area (TPSA) is 50.8 Å². The average Bonchev–Trinajstić information content (AvgIpc) is 2.66. The first kappa shape index (κ1) is 17.3. The van der Waals surface area contributed by atoms with Crippen LogP contribution in [0.5, 0.6) is 11.5 Å². The molecule has 0 aromatic heterocycles. The third kappa shape index (κ3) is 4.31. The molecule has 2 unspecified atom stereocenters. The minimum Gasteiger partial charge on any atom is -0.486 e. The van der Waals surface area contributed by atoms with E-state index >= 15 is 0 Å². The van der Waals surface area contributed by atoms with Crippen LogP contribution in [-0.4, -0.2) is 42.6 Å². The number of nitrogens with one attached hydrogen (secondary N) is 1. The van der Waals surface area contributed by atoms with Crippen LogP contribution in [0.25, 0.3) is 0 Å². The van der Waals surface area contributed by atoms with Gasteiger partial charge < -0.3 is 14.8 Å². The molecule has 2 aromatic carbocycles.